The first-order valence-corrected chi connectivity index (χ1v) is 10.5. The van der Waals surface area contributed by atoms with Gasteiger partial charge < -0.3 is 19.9 Å². The van der Waals surface area contributed by atoms with Gasteiger partial charge in [-0.2, -0.15) is 5.10 Å². The van der Waals surface area contributed by atoms with Crippen molar-refractivity contribution in [2.75, 3.05) is 13.2 Å². The van der Waals surface area contributed by atoms with Crippen LogP contribution < -0.4 is 20.2 Å². The summed E-state index contributed by atoms with van der Waals surface area (Å²) in [5.74, 6) is -1.40. The Balaban J connectivity index is 2.04. The smallest absolute Gasteiger partial charge is 0.341 e. The third kappa shape index (κ3) is 7.95. The van der Waals surface area contributed by atoms with E-state index in [2.05, 4.69) is 15.8 Å². The maximum absolute atomic E-state index is 12.6. The van der Waals surface area contributed by atoms with Crippen LogP contribution in [0, 0.1) is 12.8 Å². The fourth-order valence-electron chi connectivity index (χ4n) is 2.84. The molecule has 1 atom stereocenters. The summed E-state index contributed by atoms with van der Waals surface area (Å²) in [4.78, 5) is 35.9. The molecule has 0 heterocycles. The minimum atomic E-state index is -1.10. The van der Waals surface area contributed by atoms with E-state index in [-0.39, 0.29) is 11.8 Å². The molecule has 0 spiro atoms. The molecular weight excluding hydrogens is 426 g/mol. The molecule has 0 aromatic heterocycles. The predicted molar refractivity (Wildman–Crippen MR) is 124 cm³/mol. The molecule has 0 radical (unpaired) electrons. The summed E-state index contributed by atoms with van der Waals surface area (Å²) in [6.45, 7) is 7.24. The summed E-state index contributed by atoms with van der Waals surface area (Å²) >= 11 is 0. The van der Waals surface area contributed by atoms with E-state index in [9.17, 15) is 14.4 Å². The van der Waals surface area contributed by atoms with Crippen molar-refractivity contribution in [2.24, 2.45) is 11.0 Å². The van der Waals surface area contributed by atoms with Crippen molar-refractivity contribution in [1.29, 1.82) is 0 Å². The Kier molecular flexibility index (Phi) is 9.41. The fraction of sp³-hybridized carbons (Fsp3) is 0.333. The molecule has 3 N–H and O–H groups in total. The highest BCUT2D eigenvalue weighted by Crippen LogP contribution is 2.28. The molecule has 2 rings (SSSR count). The van der Waals surface area contributed by atoms with Crippen LogP contribution in [0.3, 0.4) is 0 Å². The third-order valence-corrected chi connectivity index (χ3v) is 4.56. The third-order valence-electron chi connectivity index (χ3n) is 4.56. The molecule has 33 heavy (non-hydrogen) atoms. The van der Waals surface area contributed by atoms with Gasteiger partial charge in [0.05, 0.1) is 12.8 Å². The summed E-state index contributed by atoms with van der Waals surface area (Å²) in [5, 5.41) is 15.5. The van der Waals surface area contributed by atoms with Crippen molar-refractivity contribution < 1.29 is 29.0 Å². The number of hydrazone groups is 1. The van der Waals surface area contributed by atoms with E-state index < -0.39 is 24.5 Å². The largest absolute Gasteiger partial charge is 0.490 e. The highest BCUT2D eigenvalue weighted by molar-refractivity contribution is 5.97. The van der Waals surface area contributed by atoms with Gasteiger partial charge in [0.25, 0.3) is 11.8 Å². The molecule has 0 aliphatic heterocycles. The Bertz CT molecular complexity index is 1000. The van der Waals surface area contributed by atoms with Crippen LogP contribution in [0.2, 0.25) is 0 Å². The van der Waals surface area contributed by atoms with Crippen molar-refractivity contribution >= 4 is 24.0 Å². The van der Waals surface area contributed by atoms with Gasteiger partial charge in [0.2, 0.25) is 0 Å². The van der Waals surface area contributed by atoms with Gasteiger partial charge in [0.1, 0.15) is 6.04 Å². The number of ether oxygens (including phenoxy) is 2. The average molecular weight is 456 g/mol. The van der Waals surface area contributed by atoms with Gasteiger partial charge >= 0.3 is 5.97 Å². The zero-order chi connectivity index (χ0) is 24.4. The van der Waals surface area contributed by atoms with Crippen molar-refractivity contribution in [1.82, 2.24) is 10.7 Å². The number of aryl methyl sites for hydroxylation is 1. The number of carboxylic acids is 1. The molecule has 0 aliphatic rings. The van der Waals surface area contributed by atoms with E-state index in [1.165, 1.54) is 6.21 Å². The normalized spacial score (nSPS) is 11.8. The lowest BCUT2D eigenvalue weighted by atomic mass is 10.0. The molecule has 1 unspecified atom stereocenters. The topological polar surface area (TPSA) is 126 Å². The van der Waals surface area contributed by atoms with E-state index in [0.717, 1.165) is 5.56 Å². The molecule has 0 bridgehead atoms. The number of carbonyl (C=O) groups excluding carboxylic acids is 2. The lowest BCUT2D eigenvalue weighted by Crippen LogP contribution is -2.48. The van der Waals surface area contributed by atoms with Gasteiger partial charge in [-0.3, -0.25) is 9.59 Å². The average Bonchev–Trinajstić information content (AvgIpc) is 2.77. The number of rotatable bonds is 11. The van der Waals surface area contributed by atoms with E-state index in [1.54, 1.807) is 37.3 Å². The van der Waals surface area contributed by atoms with Crippen LogP contribution in [-0.4, -0.2) is 48.4 Å². The van der Waals surface area contributed by atoms with Crippen LogP contribution in [0.5, 0.6) is 11.5 Å². The first-order valence-electron chi connectivity index (χ1n) is 10.5. The van der Waals surface area contributed by atoms with Gasteiger partial charge in [-0.25, -0.2) is 10.2 Å². The molecule has 2 amide bonds. The molecule has 2 aromatic carbocycles. The zero-order valence-corrected chi connectivity index (χ0v) is 19.1. The standard InChI is InChI=1S/C24H29N3O6/c1-5-32-20-12-17(8-11-19(20)33-14-21(28)29)13-25-27-24(31)22(15(2)3)26-23(30)18-9-6-16(4)7-10-18/h6-13,15,22H,5,14H2,1-4H3,(H,26,30)(H,27,31)(H,28,29)/b25-13-. The number of amides is 2. The summed E-state index contributed by atoms with van der Waals surface area (Å²) < 4.78 is 10.7. The van der Waals surface area contributed by atoms with Gasteiger partial charge in [0, 0.05) is 5.56 Å². The number of nitrogens with one attached hydrogen (secondary N) is 2. The first kappa shape index (κ1) is 25.4. The van der Waals surface area contributed by atoms with E-state index in [0.29, 0.717) is 29.2 Å². The Labute approximate surface area is 192 Å². The van der Waals surface area contributed by atoms with Gasteiger partial charge in [0.15, 0.2) is 18.1 Å². The summed E-state index contributed by atoms with van der Waals surface area (Å²) in [5.41, 5.74) is 4.56. The number of carboxylic acid groups (broad SMARTS) is 1. The minimum absolute atomic E-state index is 0.162. The molecule has 0 saturated heterocycles. The Morgan fingerprint density at radius 2 is 1.76 bits per heavy atom. The second kappa shape index (κ2) is 12.2. The summed E-state index contributed by atoms with van der Waals surface area (Å²) in [6, 6.07) is 11.1. The predicted octanol–water partition coefficient (Wildman–Crippen LogP) is 2.76. The number of nitrogens with zero attached hydrogens (tertiary/aromatic N) is 1. The van der Waals surface area contributed by atoms with Gasteiger partial charge in [-0.05, 0) is 55.7 Å². The second-order valence-electron chi connectivity index (χ2n) is 7.62. The van der Waals surface area contributed by atoms with Crippen LogP contribution in [0.1, 0.15) is 42.3 Å². The Morgan fingerprint density at radius 1 is 1.06 bits per heavy atom. The molecule has 0 aliphatic carbocycles. The second-order valence-corrected chi connectivity index (χ2v) is 7.62. The lowest BCUT2D eigenvalue weighted by Gasteiger charge is -2.20. The minimum Gasteiger partial charge on any atom is -0.490 e. The van der Waals surface area contributed by atoms with Gasteiger partial charge in [-0.1, -0.05) is 31.5 Å². The van der Waals surface area contributed by atoms with Crippen LogP contribution >= 0.6 is 0 Å². The van der Waals surface area contributed by atoms with Gasteiger partial charge in [-0.15, -0.1) is 0 Å². The van der Waals surface area contributed by atoms with Crippen LogP contribution in [0.25, 0.3) is 0 Å². The number of carbonyl (C=O) groups is 3. The Hall–Kier alpha value is -3.88. The molecule has 0 fully saturated rings. The summed E-state index contributed by atoms with van der Waals surface area (Å²) in [6.07, 6.45) is 1.42. The van der Waals surface area contributed by atoms with E-state index >= 15 is 0 Å². The van der Waals surface area contributed by atoms with E-state index in [1.807, 2.05) is 32.9 Å². The highest BCUT2D eigenvalue weighted by atomic mass is 16.5. The molecule has 9 heteroatoms. The summed E-state index contributed by atoms with van der Waals surface area (Å²) in [7, 11) is 0. The van der Waals surface area contributed by atoms with Crippen molar-refractivity contribution in [3.63, 3.8) is 0 Å². The lowest BCUT2D eigenvalue weighted by molar-refractivity contribution is -0.139. The Morgan fingerprint density at radius 3 is 2.36 bits per heavy atom. The fourth-order valence-corrected chi connectivity index (χ4v) is 2.84. The van der Waals surface area contributed by atoms with Crippen molar-refractivity contribution in [2.45, 2.75) is 33.7 Å². The molecule has 176 valence electrons. The first-order chi connectivity index (χ1) is 15.7. The number of hydrogen-bond acceptors (Lipinski definition) is 6. The monoisotopic (exact) mass is 455 g/mol. The molecule has 0 saturated carbocycles. The van der Waals surface area contributed by atoms with Crippen LogP contribution in [0.15, 0.2) is 47.6 Å². The number of hydrogen-bond donors (Lipinski definition) is 3. The zero-order valence-electron chi connectivity index (χ0n) is 19.1. The van der Waals surface area contributed by atoms with E-state index in [4.69, 9.17) is 14.6 Å². The maximum Gasteiger partial charge on any atom is 0.341 e. The maximum atomic E-state index is 12.6. The van der Waals surface area contributed by atoms with Crippen LogP contribution in [-0.2, 0) is 9.59 Å². The number of benzene rings is 2. The molecular formula is C24H29N3O6. The quantitative estimate of drug-likeness (QED) is 0.353. The van der Waals surface area contributed by atoms with Crippen molar-refractivity contribution in [3.05, 3.63) is 59.2 Å². The number of aliphatic carboxylic acids is 1. The van der Waals surface area contributed by atoms with Crippen molar-refractivity contribution in [3.8, 4) is 11.5 Å². The molecule has 9 nitrogen and oxygen atoms in total. The van der Waals surface area contributed by atoms with Crippen LogP contribution in [0.4, 0.5) is 0 Å². The SMILES string of the molecule is CCOc1cc(/C=N\NC(=O)C(NC(=O)c2ccc(C)cc2)C(C)C)ccc1OCC(=O)O. The highest BCUT2D eigenvalue weighted by Gasteiger charge is 2.24. The molecule has 2 aromatic rings.